The first kappa shape index (κ1) is 12.1. The van der Waals surface area contributed by atoms with E-state index in [-0.39, 0.29) is 5.91 Å². The normalized spacial score (nSPS) is 10.1. The second kappa shape index (κ2) is 5.31. The molecule has 2 N–H and O–H groups in total. The topological polar surface area (TPSA) is 67.0 Å². The molecule has 0 aliphatic rings. The Morgan fingerprint density at radius 3 is 3.06 bits per heavy atom. The molecular formula is C12H12FN3O2. The summed E-state index contributed by atoms with van der Waals surface area (Å²) in [5, 5.41) is 8.86. The molecule has 0 atom stereocenters. The highest BCUT2D eigenvalue weighted by atomic mass is 19.1. The summed E-state index contributed by atoms with van der Waals surface area (Å²) >= 11 is 0. The number of aromatic nitrogens is 2. The zero-order chi connectivity index (χ0) is 13.0. The maximum Gasteiger partial charge on any atom is 0.258 e. The van der Waals surface area contributed by atoms with Crippen LogP contribution in [0.4, 0.5) is 10.1 Å². The van der Waals surface area contributed by atoms with Crippen molar-refractivity contribution in [1.82, 2.24) is 10.2 Å². The van der Waals surface area contributed by atoms with Crippen LogP contribution >= 0.6 is 0 Å². The Bertz CT molecular complexity index is 540. The Morgan fingerprint density at radius 1 is 1.56 bits per heavy atom. The van der Waals surface area contributed by atoms with Crippen molar-refractivity contribution in [2.45, 2.75) is 6.92 Å². The highest BCUT2D eigenvalue weighted by Gasteiger charge is 2.11. The van der Waals surface area contributed by atoms with Crippen LogP contribution in [0.15, 0.2) is 30.6 Å². The number of H-pyrrole nitrogens is 1. The fourth-order valence-corrected chi connectivity index (χ4v) is 1.44. The zero-order valence-corrected chi connectivity index (χ0v) is 9.74. The van der Waals surface area contributed by atoms with Crippen molar-refractivity contribution in [3.05, 3.63) is 42.0 Å². The largest absolute Gasteiger partial charge is 0.492 e. The summed E-state index contributed by atoms with van der Waals surface area (Å²) < 4.78 is 18.3. The molecular weight excluding hydrogens is 237 g/mol. The van der Waals surface area contributed by atoms with Gasteiger partial charge >= 0.3 is 0 Å². The monoisotopic (exact) mass is 249 g/mol. The van der Waals surface area contributed by atoms with Crippen LogP contribution in [0, 0.1) is 5.82 Å². The minimum absolute atomic E-state index is 0.300. The van der Waals surface area contributed by atoms with Crippen LogP contribution in [-0.2, 0) is 0 Å². The average molecular weight is 249 g/mol. The molecule has 0 spiro atoms. The van der Waals surface area contributed by atoms with Gasteiger partial charge in [-0.15, -0.1) is 0 Å². The number of aromatic amines is 1. The van der Waals surface area contributed by atoms with Crippen molar-refractivity contribution in [3.8, 4) is 5.75 Å². The average Bonchev–Trinajstić information content (AvgIpc) is 2.86. The van der Waals surface area contributed by atoms with Gasteiger partial charge in [0.2, 0.25) is 0 Å². The third-order valence-electron chi connectivity index (χ3n) is 2.25. The quantitative estimate of drug-likeness (QED) is 0.872. The minimum Gasteiger partial charge on any atom is -0.492 e. The predicted octanol–water partition coefficient (Wildman–Crippen LogP) is 2.20. The summed E-state index contributed by atoms with van der Waals surface area (Å²) in [6.07, 6.45) is 2.87. The summed E-state index contributed by atoms with van der Waals surface area (Å²) in [5.41, 5.74) is 0.811. The number of hydrogen-bond donors (Lipinski definition) is 2. The first-order chi connectivity index (χ1) is 8.70. The van der Waals surface area contributed by atoms with Gasteiger partial charge in [0.05, 0.1) is 24.1 Å². The summed E-state index contributed by atoms with van der Waals surface area (Å²) in [6.45, 7) is 2.17. The first-order valence-corrected chi connectivity index (χ1v) is 5.43. The van der Waals surface area contributed by atoms with Crippen LogP contribution in [0.5, 0.6) is 5.75 Å². The predicted molar refractivity (Wildman–Crippen MR) is 64.1 cm³/mol. The SMILES string of the molecule is CCOc1cc(F)ccc1NC(=O)c1cn[nH]c1. The molecule has 1 amide bonds. The number of nitrogens with zero attached hydrogens (tertiary/aromatic N) is 1. The van der Waals surface area contributed by atoms with Crippen molar-refractivity contribution in [3.63, 3.8) is 0 Å². The van der Waals surface area contributed by atoms with Gasteiger partial charge in [-0.05, 0) is 19.1 Å². The van der Waals surface area contributed by atoms with Gasteiger partial charge in [0, 0.05) is 12.3 Å². The molecule has 0 unspecified atom stereocenters. The van der Waals surface area contributed by atoms with Crippen molar-refractivity contribution >= 4 is 11.6 Å². The fraction of sp³-hybridized carbons (Fsp3) is 0.167. The molecule has 18 heavy (non-hydrogen) atoms. The number of carbonyl (C=O) groups is 1. The molecule has 2 aromatic rings. The van der Waals surface area contributed by atoms with E-state index in [1.807, 2.05) is 0 Å². The Hall–Kier alpha value is -2.37. The van der Waals surface area contributed by atoms with E-state index in [9.17, 15) is 9.18 Å². The summed E-state index contributed by atoms with van der Waals surface area (Å²) in [7, 11) is 0. The van der Waals surface area contributed by atoms with E-state index in [0.717, 1.165) is 0 Å². The highest BCUT2D eigenvalue weighted by molar-refractivity contribution is 6.04. The molecule has 0 saturated carbocycles. The lowest BCUT2D eigenvalue weighted by Crippen LogP contribution is -2.12. The fourth-order valence-electron chi connectivity index (χ4n) is 1.44. The van der Waals surface area contributed by atoms with Crippen LogP contribution in [0.1, 0.15) is 17.3 Å². The lowest BCUT2D eigenvalue weighted by molar-refractivity contribution is 0.102. The van der Waals surface area contributed by atoms with Gasteiger partial charge in [0.1, 0.15) is 11.6 Å². The standard InChI is InChI=1S/C12H12FN3O2/c1-2-18-11-5-9(13)3-4-10(11)16-12(17)8-6-14-15-7-8/h3-7H,2H2,1H3,(H,14,15)(H,16,17). The lowest BCUT2D eigenvalue weighted by Gasteiger charge is -2.10. The second-order valence-electron chi connectivity index (χ2n) is 3.51. The number of hydrogen-bond acceptors (Lipinski definition) is 3. The molecule has 2 rings (SSSR count). The smallest absolute Gasteiger partial charge is 0.258 e. The second-order valence-corrected chi connectivity index (χ2v) is 3.51. The summed E-state index contributed by atoms with van der Waals surface area (Å²) in [6, 6.07) is 3.94. The first-order valence-electron chi connectivity index (χ1n) is 5.43. The molecule has 1 heterocycles. The van der Waals surface area contributed by atoms with Gasteiger partial charge in [-0.2, -0.15) is 5.10 Å². The number of anilines is 1. The molecule has 0 bridgehead atoms. The molecule has 94 valence electrons. The van der Waals surface area contributed by atoms with Crippen LogP contribution in [0.3, 0.4) is 0 Å². The van der Waals surface area contributed by atoms with E-state index in [1.165, 1.54) is 30.6 Å². The Labute approximate surface area is 103 Å². The van der Waals surface area contributed by atoms with Crippen molar-refractivity contribution in [1.29, 1.82) is 0 Å². The van der Waals surface area contributed by atoms with Crippen molar-refractivity contribution in [2.24, 2.45) is 0 Å². The van der Waals surface area contributed by atoms with Crippen LogP contribution < -0.4 is 10.1 Å². The van der Waals surface area contributed by atoms with Gasteiger partial charge < -0.3 is 10.1 Å². The van der Waals surface area contributed by atoms with Gasteiger partial charge in [0.25, 0.3) is 5.91 Å². The molecule has 0 aliphatic carbocycles. The number of amides is 1. The summed E-state index contributed by atoms with van der Waals surface area (Å²) in [4.78, 5) is 11.8. The zero-order valence-electron chi connectivity index (χ0n) is 9.74. The third-order valence-corrected chi connectivity index (χ3v) is 2.25. The molecule has 1 aromatic heterocycles. The van der Waals surface area contributed by atoms with Crippen LogP contribution in [0.2, 0.25) is 0 Å². The van der Waals surface area contributed by atoms with E-state index < -0.39 is 5.82 Å². The molecule has 1 aromatic carbocycles. The molecule has 0 aliphatic heterocycles. The van der Waals surface area contributed by atoms with E-state index in [2.05, 4.69) is 15.5 Å². The van der Waals surface area contributed by atoms with Gasteiger partial charge in [0.15, 0.2) is 0 Å². The molecule has 6 heteroatoms. The van der Waals surface area contributed by atoms with Crippen LogP contribution in [-0.4, -0.2) is 22.7 Å². The Morgan fingerprint density at radius 2 is 2.39 bits per heavy atom. The number of rotatable bonds is 4. The third kappa shape index (κ3) is 2.65. The number of benzene rings is 1. The summed E-state index contributed by atoms with van der Waals surface area (Å²) in [5.74, 6) is -0.453. The van der Waals surface area contributed by atoms with Crippen molar-refractivity contribution in [2.75, 3.05) is 11.9 Å². The molecule has 0 fully saturated rings. The minimum atomic E-state index is -0.417. The number of ether oxygens (including phenoxy) is 1. The molecule has 5 nitrogen and oxygen atoms in total. The van der Waals surface area contributed by atoms with Gasteiger partial charge in [-0.3, -0.25) is 9.89 Å². The van der Waals surface area contributed by atoms with E-state index in [4.69, 9.17) is 4.74 Å². The highest BCUT2D eigenvalue weighted by Crippen LogP contribution is 2.25. The number of halogens is 1. The Balaban J connectivity index is 2.20. The Kier molecular flexibility index (Phi) is 3.57. The number of nitrogens with one attached hydrogen (secondary N) is 2. The number of carbonyl (C=O) groups excluding carboxylic acids is 1. The van der Waals surface area contributed by atoms with E-state index >= 15 is 0 Å². The lowest BCUT2D eigenvalue weighted by atomic mass is 10.2. The van der Waals surface area contributed by atoms with E-state index in [1.54, 1.807) is 6.92 Å². The van der Waals surface area contributed by atoms with Gasteiger partial charge in [-0.25, -0.2) is 4.39 Å². The maximum atomic E-state index is 13.1. The van der Waals surface area contributed by atoms with Gasteiger partial charge in [-0.1, -0.05) is 0 Å². The van der Waals surface area contributed by atoms with Crippen LogP contribution in [0.25, 0.3) is 0 Å². The molecule has 0 radical (unpaired) electrons. The maximum absolute atomic E-state index is 13.1. The van der Waals surface area contributed by atoms with Crippen molar-refractivity contribution < 1.29 is 13.9 Å². The molecule has 0 saturated heterocycles. The van der Waals surface area contributed by atoms with E-state index in [0.29, 0.717) is 23.6 Å².